The third kappa shape index (κ3) is 5.80. The SMILES string of the molecule is COc1ccccc1OCCN1C(=O)S/C(=C\c2cn(CC(=O)Nc3ccc(F)cc3)c3ccccc23)C1=O. The molecule has 0 unspecified atom stereocenters. The Bertz CT molecular complexity index is 1580. The number of rotatable bonds is 9. The minimum atomic E-state index is -0.403. The molecule has 1 aliphatic heterocycles. The summed E-state index contributed by atoms with van der Waals surface area (Å²) in [4.78, 5) is 39.8. The average molecular weight is 546 g/mol. The number of methoxy groups -OCH3 is 1. The zero-order valence-corrected chi connectivity index (χ0v) is 21.7. The second kappa shape index (κ2) is 11.4. The molecular weight excluding hydrogens is 521 g/mol. The monoisotopic (exact) mass is 545 g/mol. The predicted molar refractivity (Wildman–Crippen MR) is 148 cm³/mol. The van der Waals surface area contributed by atoms with Crippen LogP contribution < -0.4 is 14.8 Å². The molecule has 4 aromatic rings. The summed E-state index contributed by atoms with van der Waals surface area (Å²) in [5.74, 6) is 0.0132. The maximum absolute atomic E-state index is 13.2. The first-order valence-corrected chi connectivity index (χ1v) is 12.9. The van der Waals surface area contributed by atoms with E-state index < -0.39 is 5.91 Å². The normalized spacial score (nSPS) is 14.3. The molecule has 1 aliphatic rings. The van der Waals surface area contributed by atoms with E-state index in [0.29, 0.717) is 22.7 Å². The molecule has 2 heterocycles. The van der Waals surface area contributed by atoms with E-state index in [1.165, 1.54) is 24.3 Å². The summed E-state index contributed by atoms with van der Waals surface area (Å²) < 4.78 is 25.9. The van der Waals surface area contributed by atoms with Crippen molar-refractivity contribution in [3.05, 3.63) is 95.3 Å². The first-order valence-electron chi connectivity index (χ1n) is 12.1. The number of hydrogen-bond acceptors (Lipinski definition) is 6. The molecule has 1 aromatic heterocycles. The van der Waals surface area contributed by atoms with Crippen LogP contribution in [0.5, 0.6) is 11.5 Å². The van der Waals surface area contributed by atoms with Gasteiger partial charge in [-0.1, -0.05) is 30.3 Å². The fourth-order valence-corrected chi connectivity index (χ4v) is 5.08. The summed E-state index contributed by atoms with van der Waals surface area (Å²) in [6, 6.07) is 20.2. The number of thioether (sulfide) groups is 1. The number of anilines is 1. The number of aromatic nitrogens is 1. The van der Waals surface area contributed by atoms with E-state index in [0.717, 1.165) is 27.6 Å². The zero-order chi connectivity index (χ0) is 27.4. The van der Waals surface area contributed by atoms with Gasteiger partial charge in [-0.15, -0.1) is 0 Å². The van der Waals surface area contributed by atoms with Crippen molar-refractivity contribution in [2.24, 2.45) is 0 Å². The van der Waals surface area contributed by atoms with E-state index in [9.17, 15) is 18.8 Å². The molecule has 198 valence electrons. The van der Waals surface area contributed by atoms with Crippen LogP contribution in [0.25, 0.3) is 17.0 Å². The van der Waals surface area contributed by atoms with Crippen LogP contribution in [0.3, 0.4) is 0 Å². The van der Waals surface area contributed by atoms with Crippen LogP contribution in [-0.4, -0.2) is 46.8 Å². The third-order valence-electron chi connectivity index (χ3n) is 6.06. The number of amides is 3. The Morgan fingerprint density at radius 1 is 1.00 bits per heavy atom. The van der Waals surface area contributed by atoms with Gasteiger partial charge < -0.3 is 19.4 Å². The molecular formula is C29H24FN3O5S. The zero-order valence-electron chi connectivity index (χ0n) is 20.9. The number of imide groups is 1. The molecule has 0 saturated carbocycles. The van der Waals surface area contributed by atoms with Gasteiger partial charge in [0, 0.05) is 28.4 Å². The van der Waals surface area contributed by atoms with Crippen molar-refractivity contribution in [1.82, 2.24) is 9.47 Å². The first kappa shape index (κ1) is 26.1. The van der Waals surface area contributed by atoms with Gasteiger partial charge in [0.25, 0.3) is 11.1 Å². The molecule has 0 radical (unpaired) electrons. The Labute approximate surface area is 228 Å². The summed E-state index contributed by atoms with van der Waals surface area (Å²) in [7, 11) is 1.54. The number of ether oxygens (including phenoxy) is 2. The third-order valence-corrected chi connectivity index (χ3v) is 6.97. The maximum atomic E-state index is 13.2. The molecule has 0 aliphatic carbocycles. The lowest BCUT2D eigenvalue weighted by atomic mass is 10.1. The van der Waals surface area contributed by atoms with Crippen LogP contribution in [0.2, 0.25) is 0 Å². The fraction of sp³-hybridized carbons (Fsp3) is 0.138. The Morgan fingerprint density at radius 3 is 2.49 bits per heavy atom. The molecule has 0 spiro atoms. The number of carbonyl (C=O) groups is 3. The van der Waals surface area contributed by atoms with Gasteiger partial charge in [0.15, 0.2) is 11.5 Å². The van der Waals surface area contributed by atoms with Crippen LogP contribution in [0.4, 0.5) is 14.9 Å². The second-order valence-electron chi connectivity index (χ2n) is 8.62. The topological polar surface area (TPSA) is 89.9 Å². The lowest BCUT2D eigenvalue weighted by molar-refractivity contribution is -0.123. The lowest BCUT2D eigenvalue weighted by Crippen LogP contribution is -2.32. The molecule has 5 rings (SSSR count). The number of nitrogens with one attached hydrogen (secondary N) is 1. The van der Waals surface area contributed by atoms with Gasteiger partial charge in [-0.25, -0.2) is 4.39 Å². The molecule has 3 aromatic carbocycles. The predicted octanol–water partition coefficient (Wildman–Crippen LogP) is 5.54. The largest absolute Gasteiger partial charge is 0.493 e. The summed E-state index contributed by atoms with van der Waals surface area (Å²) in [5.41, 5.74) is 1.99. The number of nitrogens with zero attached hydrogens (tertiary/aromatic N) is 2. The van der Waals surface area contributed by atoms with Crippen LogP contribution in [-0.2, 0) is 16.1 Å². The van der Waals surface area contributed by atoms with Gasteiger partial charge in [-0.3, -0.25) is 19.3 Å². The number of hydrogen-bond donors (Lipinski definition) is 1. The lowest BCUT2D eigenvalue weighted by Gasteiger charge is -2.14. The van der Waals surface area contributed by atoms with Gasteiger partial charge in [-0.05, 0) is 60.3 Å². The Balaban J connectivity index is 1.30. The molecule has 10 heteroatoms. The molecule has 1 fully saturated rings. The number of para-hydroxylation sites is 3. The van der Waals surface area contributed by atoms with E-state index in [1.807, 2.05) is 36.4 Å². The second-order valence-corrected chi connectivity index (χ2v) is 9.61. The minimum Gasteiger partial charge on any atom is -0.493 e. The van der Waals surface area contributed by atoms with Gasteiger partial charge >= 0.3 is 0 Å². The first-order chi connectivity index (χ1) is 18.9. The number of carbonyl (C=O) groups excluding carboxylic acids is 3. The standard InChI is InChI=1S/C29H24FN3O5S/c1-37-24-8-4-5-9-25(24)38-15-14-33-28(35)26(39-29(33)36)16-19-17-32(23-7-3-2-6-22(19)23)18-27(34)31-21-12-10-20(30)11-13-21/h2-13,16-17H,14-15,18H2,1H3,(H,31,34)/b26-16-. The average Bonchev–Trinajstić information content (AvgIpc) is 3.41. The van der Waals surface area contributed by atoms with Crippen molar-refractivity contribution in [3.8, 4) is 11.5 Å². The van der Waals surface area contributed by atoms with E-state index in [-0.39, 0.29) is 41.6 Å². The van der Waals surface area contributed by atoms with Crippen LogP contribution in [0.15, 0.2) is 83.9 Å². The number of benzene rings is 3. The van der Waals surface area contributed by atoms with Crippen molar-refractivity contribution in [2.45, 2.75) is 6.54 Å². The molecule has 39 heavy (non-hydrogen) atoms. The van der Waals surface area contributed by atoms with Gasteiger partial charge in [0.1, 0.15) is 19.0 Å². The highest BCUT2D eigenvalue weighted by atomic mass is 32.2. The highest BCUT2D eigenvalue weighted by Crippen LogP contribution is 2.34. The van der Waals surface area contributed by atoms with E-state index in [2.05, 4.69) is 5.32 Å². The van der Waals surface area contributed by atoms with Crippen molar-refractivity contribution in [2.75, 3.05) is 25.6 Å². The van der Waals surface area contributed by atoms with Gasteiger partial charge in [0.05, 0.1) is 18.6 Å². The Kier molecular flexibility index (Phi) is 7.64. The highest BCUT2D eigenvalue weighted by molar-refractivity contribution is 8.18. The molecule has 0 atom stereocenters. The van der Waals surface area contributed by atoms with Crippen LogP contribution in [0.1, 0.15) is 5.56 Å². The van der Waals surface area contributed by atoms with E-state index in [1.54, 1.807) is 36.1 Å². The van der Waals surface area contributed by atoms with Crippen LogP contribution >= 0.6 is 11.8 Å². The molecule has 1 saturated heterocycles. The summed E-state index contributed by atoms with van der Waals surface area (Å²) >= 11 is 0.864. The van der Waals surface area contributed by atoms with E-state index >= 15 is 0 Å². The molecule has 0 bridgehead atoms. The summed E-state index contributed by atoms with van der Waals surface area (Å²) in [6.07, 6.45) is 3.44. The summed E-state index contributed by atoms with van der Waals surface area (Å²) in [5, 5.41) is 3.21. The number of fused-ring (bicyclic) bond motifs is 1. The Hall–Kier alpha value is -4.57. The van der Waals surface area contributed by atoms with Crippen molar-refractivity contribution in [3.63, 3.8) is 0 Å². The smallest absolute Gasteiger partial charge is 0.293 e. The maximum Gasteiger partial charge on any atom is 0.293 e. The molecule has 1 N–H and O–H groups in total. The van der Waals surface area contributed by atoms with Crippen molar-refractivity contribution >= 4 is 51.5 Å². The van der Waals surface area contributed by atoms with Gasteiger partial charge in [-0.2, -0.15) is 0 Å². The fourth-order valence-electron chi connectivity index (χ4n) is 4.23. The highest BCUT2D eigenvalue weighted by Gasteiger charge is 2.35. The Morgan fingerprint density at radius 2 is 1.72 bits per heavy atom. The van der Waals surface area contributed by atoms with E-state index in [4.69, 9.17) is 9.47 Å². The quantitative estimate of drug-likeness (QED) is 0.278. The summed E-state index contributed by atoms with van der Waals surface area (Å²) in [6.45, 7) is 0.215. The van der Waals surface area contributed by atoms with Crippen molar-refractivity contribution < 1.29 is 28.2 Å². The minimum absolute atomic E-state index is 0.00744. The van der Waals surface area contributed by atoms with Crippen molar-refractivity contribution in [1.29, 1.82) is 0 Å². The van der Waals surface area contributed by atoms with Crippen LogP contribution in [0, 0.1) is 5.82 Å². The van der Waals surface area contributed by atoms with Gasteiger partial charge in [0.2, 0.25) is 5.91 Å². The molecule has 3 amide bonds. The molecule has 8 nitrogen and oxygen atoms in total. The number of halogens is 1.